The average molecular weight is 427 g/mol. The summed E-state index contributed by atoms with van der Waals surface area (Å²) in [5.74, 6) is 5.55. The summed E-state index contributed by atoms with van der Waals surface area (Å²) in [5, 5.41) is 0. The Bertz CT molecular complexity index is 861. The van der Waals surface area contributed by atoms with Crippen molar-refractivity contribution in [3.05, 3.63) is 66.0 Å². The molecule has 9 heteroatoms. The predicted octanol–water partition coefficient (Wildman–Crippen LogP) is 3.81. The van der Waals surface area contributed by atoms with Crippen molar-refractivity contribution >= 4 is 11.0 Å². The van der Waals surface area contributed by atoms with E-state index in [4.69, 9.17) is 11.6 Å². The van der Waals surface area contributed by atoms with Gasteiger partial charge in [-0.2, -0.15) is 13.2 Å². The second-order valence-electron chi connectivity index (χ2n) is 6.48. The first-order valence-electron chi connectivity index (χ1n) is 9.07. The summed E-state index contributed by atoms with van der Waals surface area (Å²) in [6.07, 6.45) is -1.81. The van der Waals surface area contributed by atoms with Crippen molar-refractivity contribution in [2.75, 3.05) is 0 Å². The van der Waals surface area contributed by atoms with Crippen LogP contribution >= 0.6 is 0 Å². The van der Waals surface area contributed by atoms with E-state index in [0.29, 0.717) is 29.0 Å². The third kappa shape index (κ3) is 5.17. The molecule has 2 aromatic carbocycles. The molecule has 0 saturated carbocycles. The van der Waals surface area contributed by atoms with Crippen LogP contribution in [0.5, 0.6) is 0 Å². The fourth-order valence-electron chi connectivity index (χ4n) is 3.04. The van der Waals surface area contributed by atoms with Crippen LogP contribution in [0.1, 0.15) is 32.3 Å². The molecule has 6 N–H and O–H groups in total. The van der Waals surface area contributed by atoms with Crippen LogP contribution in [-0.4, -0.2) is 9.75 Å². The Morgan fingerprint density at radius 1 is 1.00 bits per heavy atom. The predicted molar refractivity (Wildman–Crippen MR) is 109 cm³/mol. The molecule has 0 radical (unpaired) electrons. The number of hydrazine groups is 1. The smallest absolute Gasteiger partial charge is 0.403 e. The Labute approximate surface area is 170 Å². The maximum atomic E-state index is 12.9. The number of hydrogen-bond donors (Lipinski definition) is 4. The van der Waals surface area contributed by atoms with Crippen molar-refractivity contribution in [2.45, 2.75) is 43.3 Å². The van der Waals surface area contributed by atoms with Crippen LogP contribution in [0.25, 0.3) is 11.1 Å². The Morgan fingerprint density at radius 2 is 1.48 bits per heavy atom. The number of benzene rings is 2. The third-order valence-electron chi connectivity index (χ3n) is 4.95. The molecule has 0 aliphatic heterocycles. The molecule has 158 valence electrons. The van der Waals surface area contributed by atoms with Crippen molar-refractivity contribution in [2.24, 2.45) is 11.6 Å². The molecule has 0 fully saturated rings. The lowest BCUT2D eigenvalue weighted by Gasteiger charge is -2.34. The van der Waals surface area contributed by atoms with Gasteiger partial charge in [-0.05, 0) is 48.2 Å². The lowest BCUT2D eigenvalue weighted by molar-refractivity contribution is -0.137. The Kier molecular flexibility index (Phi) is 7.45. The highest BCUT2D eigenvalue weighted by Crippen LogP contribution is 2.31. The van der Waals surface area contributed by atoms with Gasteiger partial charge in [0.15, 0.2) is 0 Å². The van der Waals surface area contributed by atoms with Gasteiger partial charge in [0.25, 0.3) is 0 Å². The van der Waals surface area contributed by atoms with Gasteiger partial charge in [0.05, 0.1) is 21.7 Å². The molecule has 2 rings (SSSR count). The van der Waals surface area contributed by atoms with Crippen LogP contribution in [0.3, 0.4) is 0 Å². The van der Waals surface area contributed by atoms with E-state index in [-0.39, 0.29) is 0 Å². The zero-order valence-corrected chi connectivity index (χ0v) is 17.0. The molecule has 0 aliphatic carbocycles. The van der Waals surface area contributed by atoms with Crippen LogP contribution < -0.4 is 21.7 Å². The van der Waals surface area contributed by atoms with Gasteiger partial charge in [-0.1, -0.05) is 38.1 Å². The summed E-state index contributed by atoms with van der Waals surface area (Å²) in [4.78, 5) is 0.528. The number of hydrogen-bond acceptors (Lipinski definition) is 4. The van der Waals surface area contributed by atoms with Crippen LogP contribution in [0.4, 0.5) is 13.2 Å². The second kappa shape index (κ2) is 9.43. The molecule has 2 aromatic rings. The molecule has 0 saturated heterocycles. The number of rotatable bonds is 8. The first kappa shape index (κ1) is 22.9. The highest BCUT2D eigenvalue weighted by Gasteiger charge is 2.33. The van der Waals surface area contributed by atoms with Crippen molar-refractivity contribution in [3.8, 4) is 11.1 Å². The molecular formula is C20H25F3N4OS. The van der Waals surface area contributed by atoms with Gasteiger partial charge in [0.2, 0.25) is 0 Å². The summed E-state index contributed by atoms with van der Waals surface area (Å²) in [5.41, 5.74) is 8.72. The normalized spacial score (nSPS) is 13.9. The van der Waals surface area contributed by atoms with E-state index in [1.165, 1.54) is 18.3 Å². The number of alkyl halides is 3. The largest absolute Gasteiger partial charge is 0.416 e. The molecule has 0 amide bonds. The van der Waals surface area contributed by atoms with E-state index in [9.17, 15) is 17.4 Å². The summed E-state index contributed by atoms with van der Waals surface area (Å²) in [7, 11) is -1.55. The van der Waals surface area contributed by atoms with Crippen LogP contribution in [0, 0.1) is 0 Å². The van der Waals surface area contributed by atoms with E-state index in [1.54, 1.807) is 24.3 Å². The molecule has 0 heterocycles. The van der Waals surface area contributed by atoms with Gasteiger partial charge < -0.3 is 11.2 Å². The van der Waals surface area contributed by atoms with E-state index >= 15 is 0 Å². The standard InChI is InChI=1S/C20H25F3N4OS/c1-3-19(4-2,18(13-24)26-25)27-29(28)17-11-7-15(8-12-17)14-5-9-16(10-6-14)20(21,22)23/h5-13,26-27H,3-4,24-25H2,1-2H3/b18-13-. The maximum absolute atomic E-state index is 12.9. The van der Waals surface area contributed by atoms with Crippen LogP contribution in [-0.2, 0) is 17.2 Å². The molecule has 0 aliphatic rings. The minimum absolute atomic E-state index is 0.528. The molecule has 0 spiro atoms. The van der Waals surface area contributed by atoms with Crippen LogP contribution in [0.15, 0.2) is 65.3 Å². The molecule has 1 unspecified atom stereocenters. The summed E-state index contributed by atoms with van der Waals surface area (Å²) < 4.78 is 54.0. The first-order chi connectivity index (χ1) is 13.7. The van der Waals surface area contributed by atoms with Crippen molar-refractivity contribution < 1.29 is 17.4 Å². The molecule has 0 bridgehead atoms. The topological polar surface area (TPSA) is 93.2 Å². The number of nitrogens with one attached hydrogen (secondary N) is 2. The Balaban J connectivity index is 2.22. The first-order valence-corrected chi connectivity index (χ1v) is 10.2. The van der Waals surface area contributed by atoms with Crippen molar-refractivity contribution in [3.63, 3.8) is 0 Å². The fraction of sp³-hybridized carbons (Fsp3) is 0.300. The van der Waals surface area contributed by atoms with Gasteiger partial charge in [-0.3, -0.25) is 5.84 Å². The van der Waals surface area contributed by atoms with E-state index in [0.717, 1.165) is 17.7 Å². The Morgan fingerprint density at radius 3 is 1.86 bits per heavy atom. The van der Waals surface area contributed by atoms with Crippen molar-refractivity contribution in [1.29, 1.82) is 0 Å². The second-order valence-corrected chi connectivity index (χ2v) is 7.70. The van der Waals surface area contributed by atoms with Gasteiger partial charge in [-0.25, -0.2) is 8.93 Å². The summed E-state index contributed by atoms with van der Waals surface area (Å²) >= 11 is 0. The lowest BCUT2D eigenvalue weighted by atomic mass is 9.91. The average Bonchev–Trinajstić information content (AvgIpc) is 2.73. The van der Waals surface area contributed by atoms with Gasteiger partial charge >= 0.3 is 6.18 Å². The minimum Gasteiger partial charge on any atom is -0.403 e. The number of nitrogens with two attached hydrogens (primary N) is 2. The summed E-state index contributed by atoms with van der Waals surface area (Å²) in [6, 6.07) is 11.7. The summed E-state index contributed by atoms with van der Waals surface area (Å²) in [6.45, 7) is 3.87. The molecule has 0 aromatic heterocycles. The van der Waals surface area contributed by atoms with E-state index in [2.05, 4.69) is 10.1 Å². The van der Waals surface area contributed by atoms with Gasteiger partial charge in [0, 0.05) is 6.20 Å². The maximum Gasteiger partial charge on any atom is 0.416 e. The minimum atomic E-state index is -4.37. The van der Waals surface area contributed by atoms with Crippen molar-refractivity contribution in [1.82, 2.24) is 10.1 Å². The molecule has 5 nitrogen and oxygen atoms in total. The third-order valence-corrected chi connectivity index (χ3v) is 6.22. The number of halogens is 3. The van der Waals surface area contributed by atoms with Gasteiger partial charge in [-0.15, -0.1) is 0 Å². The van der Waals surface area contributed by atoms with Gasteiger partial charge in [0.1, 0.15) is 11.0 Å². The fourth-order valence-corrected chi connectivity index (χ4v) is 4.29. The highest BCUT2D eigenvalue weighted by molar-refractivity contribution is 7.83. The van der Waals surface area contributed by atoms with E-state index in [1.807, 2.05) is 13.8 Å². The quantitative estimate of drug-likeness (QED) is 0.382. The molecule has 1 atom stereocenters. The SMILES string of the molecule is CCC(CC)(NS(=O)c1ccc(-c2ccc(C(F)(F)F)cc2)cc1)/C(=C/N)NN. The zero-order valence-electron chi connectivity index (χ0n) is 16.2. The molecule has 29 heavy (non-hydrogen) atoms. The zero-order chi connectivity index (χ0) is 21.7. The molecular weight excluding hydrogens is 401 g/mol. The highest BCUT2D eigenvalue weighted by atomic mass is 32.2. The Hall–Kier alpha value is -2.36. The monoisotopic (exact) mass is 426 g/mol. The van der Waals surface area contributed by atoms with Crippen LogP contribution in [0.2, 0.25) is 0 Å². The van der Waals surface area contributed by atoms with E-state index < -0.39 is 28.3 Å². The lowest BCUT2D eigenvalue weighted by Crippen LogP contribution is -2.52.